The number of rotatable bonds is 12. The number of ether oxygens (including phenoxy) is 2. The van der Waals surface area contributed by atoms with Gasteiger partial charge >= 0.3 is 45.4 Å². The van der Waals surface area contributed by atoms with Crippen LogP contribution in [0.5, 0.6) is 0 Å². The maximum atomic E-state index is 5.16. The topological polar surface area (TPSA) is 36.9 Å². The first kappa shape index (κ1) is 27.7. The van der Waals surface area contributed by atoms with Crippen molar-refractivity contribution in [2.24, 2.45) is 11.8 Å². The maximum Gasteiger partial charge on any atom is 1.00 e. The zero-order chi connectivity index (χ0) is 15.6. The fourth-order valence-corrected chi connectivity index (χ4v) is 3.85. The monoisotopic (exact) mass is 348 g/mol. The standard InChI is InChI=1S/2C4H9.2C3H7O2.2Al.Na.2H2.3H/c2*1-4(2)3;2*1-5-3-2-4;;;;;;;;/h2*4H,1H2,2-3H3;2*2-3H2,1H3;;;;2*1H;;;/q;;2*-1;;+2;+1;;;;;-1. The largest absolute Gasteiger partial charge is 1.00 e. The number of methoxy groups -OCH3 is 2. The van der Waals surface area contributed by atoms with E-state index >= 15 is 0 Å². The molecule has 0 spiro atoms. The van der Waals surface area contributed by atoms with Crippen LogP contribution in [0, 0.1) is 11.8 Å². The molecule has 0 aromatic carbocycles. The van der Waals surface area contributed by atoms with Crippen molar-refractivity contribution < 1.29 is 50.9 Å². The molecule has 0 saturated heterocycles. The molecule has 0 radical (unpaired) electrons. The van der Waals surface area contributed by atoms with Gasteiger partial charge in [-0.2, -0.15) is 0 Å². The van der Waals surface area contributed by atoms with E-state index in [-0.39, 0.29) is 33.8 Å². The summed E-state index contributed by atoms with van der Waals surface area (Å²) in [6, 6.07) is 0. The summed E-state index contributed by atoms with van der Waals surface area (Å²) in [7, 11) is 3.30. The summed E-state index contributed by atoms with van der Waals surface area (Å²) in [5.41, 5.74) is 0. The van der Waals surface area contributed by atoms with Crippen molar-refractivity contribution >= 4 is 31.1 Å². The van der Waals surface area contributed by atoms with Gasteiger partial charge in [-0.1, -0.05) is 50.1 Å². The molecule has 0 rings (SSSR count). The fraction of sp³-hybridized carbons (Fsp3) is 1.00. The van der Waals surface area contributed by atoms with Crippen LogP contribution in [0.1, 0.15) is 32.0 Å². The van der Waals surface area contributed by atoms with Gasteiger partial charge in [0.1, 0.15) is 0 Å². The smallest absolute Gasteiger partial charge is 1.00 e. The Morgan fingerprint density at radius 2 is 1.19 bits per heavy atom. The van der Waals surface area contributed by atoms with Crippen LogP contribution >= 0.6 is 0 Å². The Kier molecular flexibility index (Phi) is 31.9. The second-order valence-electron chi connectivity index (χ2n) is 5.64. The average molecular weight is 348 g/mol. The maximum absolute atomic E-state index is 5.16. The van der Waals surface area contributed by atoms with Gasteiger partial charge in [-0.15, -0.1) is 0 Å². The van der Waals surface area contributed by atoms with E-state index in [0.717, 1.165) is 11.8 Å². The zero-order valence-corrected chi connectivity index (χ0v) is 20.3. The molecule has 7 heteroatoms. The van der Waals surface area contributed by atoms with E-state index in [1.807, 2.05) is 0 Å². The third-order valence-electron chi connectivity index (χ3n) is 2.59. The van der Waals surface area contributed by atoms with Gasteiger partial charge in [0.2, 0.25) is 15.2 Å². The van der Waals surface area contributed by atoms with Crippen molar-refractivity contribution in [1.29, 1.82) is 0 Å². The molecular formula is C14H39Al2NaO4. The van der Waals surface area contributed by atoms with Gasteiger partial charge in [0.25, 0.3) is 0 Å². The molecule has 0 aliphatic rings. The normalized spacial score (nSPS) is 9.90. The van der Waals surface area contributed by atoms with Crippen LogP contribution in [-0.2, 0) is 17.1 Å². The van der Waals surface area contributed by atoms with Crippen LogP contribution in [0.25, 0.3) is 0 Å². The van der Waals surface area contributed by atoms with Gasteiger partial charge in [0, 0.05) is 30.3 Å². The summed E-state index contributed by atoms with van der Waals surface area (Å²) >= 11 is -0.473. The SMILES string of the molecule is CC(C)[CH2][AlH][CH2]C(C)C.COCC[O][AlH][O]CCOC.[H-].[HH].[HH].[Na+]. The zero-order valence-electron chi connectivity index (χ0n) is 16.4. The molecule has 0 N–H and O–H groups in total. The molecule has 0 heterocycles. The van der Waals surface area contributed by atoms with Crippen molar-refractivity contribution in [3.8, 4) is 0 Å². The second-order valence-corrected chi connectivity index (χ2v) is 8.55. The number of hydrogen-bond acceptors (Lipinski definition) is 4. The Bertz CT molecular complexity index is 172. The minimum Gasteiger partial charge on any atom is -1.00 e. The Morgan fingerprint density at radius 3 is 1.48 bits per heavy atom. The third-order valence-corrected chi connectivity index (χ3v) is 6.63. The van der Waals surface area contributed by atoms with E-state index in [0.29, 0.717) is 41.6 Å². The molecule has 0 aliphatic carbocycles. The van der Waals surface area contributed by atoms with Crippen LogP contribution in [0.4, 0.5) is 0 Å². The molecule has 0 atom stereocenters. The minimum absolute atomic E-state index is 0. The van der Waals surface area contributed by atoms with E-state index in [2.05, 4.69) is 27.7 Å². The average Bonchev–Trinajstić information content (AvgIpc) is 2.38. The molecule has 0 fully saturated rings. The van der Waals surface area contributed by atoms with Crippen LogP contribution < -0.4 is 29.6 Å². The first-order valence-corrected chi connectivity index (χ1v) is 10.8. The van der Waals surface area contributed by atoms with Gasteiger partial charge in [0.05, 0.1) is 13.2 Å². The first-order chi connectivity index (χ1) is 9.54. The summed E-state index contributed by atoms with van der Waals surface area (Å²) in [4.78, 5) is 0. The van der Waals surface area contributed by atoms with Gasteiger partial charge in [0.15, 0.2) is 0 Å². The molecule has 0 bridgehead atoms. The van der Waals surface area contributed by atoms with Crippen LogP contribution in [0.15, 0.2) is 0 Å². The van der Waals surface area contributed by atoms with E-state index in [9.17, 15) is 0 Å². The van der Waals surface area contributed by atoms with Gasteiger partial charge in [-0.25, -0.2) is 0 Å². The van der Waals surface area contributed by atoms with E-state index in [4.69, 9.17) is 17.1 Å². The first-order valence-electron chi connectivity index (χ1n) is 7.67. The Morgan fingerprint density at radius 1 is 0.810 bits per heavy atom. The minimum atomic E-state index is -0.789. The van der Waals surface area contributed by atoms with Gasteiger partial charge in [-0.05, 0) is 0 Å². The summed E-state index contributed by atoms with van der Waals surface area (Å²) < 4.78 is 19.9. The molecule has 21 heavy (non-hydrogen) atoms. The molecule has 0 unspecified atom stereocenters. The number of hydrogen-bond donors (Lipinski definition) is 0. The Balaban J connectivity index is -0.0000000586. The summed E-state index contributed by atoms with van der Waals surface area (Å²) in [5.74, 6) is 1.91. The van der Waals surface area contributed by atoms with E-state index in [1.54, 1.807) is 14.2 Å². The van der Waals surface area contributed by atoms with E-state index < -0.39 is 15.9 Å². The third kappa shape index (κ3) is 34.3. The summed E-state index contributed by atoms with van der Waals surface area (Å²) in [6.07, 6.45) is 0. The van der Waals surface area contributed by atoms with Crippen molar-refractivity contribution in [2.45, 2.75) is 38.3 Å². The second kappa shape index (κ2) is 24.2. The molecule has 0 amide bonds. The van der Waals surface area contributed by atoms with Gasteiger partial charge in [-0.3, -0.25) is 0 Å². The van der Waals surface area contributed by atoms with Crippen molar-refractivity contribution in [3.05, 3.63) is 0 Å². The van der Waals surface area contributed by atoms with E-state index in [1.165, 1.54) is 10.6 Å². The molecule has 0 saturated carbocycles. The van der Waals surface area contributed by atoms with Crippen molar-refractivity contribution in [3.63, 3.8) is 0 Å². The van der Waals surface area contributed by atoms with Crippen LogP contribution in [-0.4, -0.2) is 71.8 Å². The molecule has 126 valence electrons. The Labute approximate surface area is 171 Å². The summed E-state index contributed by atoms with van der Waals surface area (Å²) in [5, 5.41) is 3.08. The fourth-order valence-electron chi connectivity index (χ4n) is 1.40. The molecule has 0 aromatic rings. The summed E-state index contributed by atoms with van der Waals surface area (Å²) in [6.45, 7) is 11.9. The molecule has 0 aromatic heterocycles. The predicted octanol–water partition coefficient (Wildman–Crippen LogP) is -0.241. The van der Waals surface area contributed by atoms with Crippen molar-refractivity contribution in [1.82, 2.24) is 0 Å². The van der Waals surface area contributed by atoms with Crippen LogP contribution in [0.2, 0.25) is 10.6 Å². The van der Waals surface area contributed by atoms with Crippen LogP contribution in [0.3, 0.4) is 0 Å². The molecule has 0 aliphatic heterocycles. The van der Waals surface area contributed by atoms with Gasteiger partial charge < -0.3 is 18.5 Å². The van der Waals surface area contributed by atoms with Crippen molar-refractivity contribution in [2.75, 3.05) is 40.6 Å². The predicted molar refractivity (Wildman–Crippen MR) is 94.6 cm³/mol. The Hall–Kier alpha value is 1.90. The molecular weight excluding hydrogens is 309 g/mol. The molecule has 4 nitrogen and oxygen atoms in total. The quantitative estimate of drug-likeness (QED) is 0.360.